The van der Waals surface area contributed by atoms with Crippen LogP contribution in [0.25, 0.3) is 5.69 Å². The molecule has 0 spiro atoms. The maximum atomic E-state index is 14.0. The first-order valence-corrected chi connectivity index (χ1v) is 7.00. The molecule has 1 aromatic heterocycles. The predicted octanol–water partition coefficient (Wildman–Crippen LogP) is 3.15. The molecule has 0 radical (unpaired) electrons. The van der Waals surface area contributed by atoms with Crippen molar-refractivity contribution in [2.24, 2.45) is 0 Å². The van der Waals surface area contributed by atoms with Crippen LogP contribution in [0.15, 0.2) is 24.4 Å². The molecule has 0 atom stereocenters. The van der Waals surface area contributed by atoms with E-state index in [1.807, 2.05) is 13.0 Å². The molecule has 2 aromatic rings. The van der Waals surface area contributed by atoms with Crippen LogP contribution in [-0.2, 0) is 4.74 Å². The number of carbonyl (C=O) groups is 1. The Labute approximate surface area is 127 Å². The first-order valence-electron chi connectivity index (χ1n) is 7.00. The maximum Gasteiger partial charge on any atom is 0.341 e. The van der Waals surface area contributed by atoms with Gasteiger partial charge in [0.2, 0.25) is 0 Å². The molecule has 0 aliphatic carbocycles. The first-order chi connectivity index (χ1) is 10.6. The van der Waals surface area contributed by atoms with Gasteiger partial charge < -0.3 is 4.74 Å². The van der Waals surface area contributed by atoms with Crippen molar-refractivity contribution in [1.29, 1.82) is 5.26 Å². The highest BCUT2D eigenvalue weighted by atomic mass is 19.1. The van der Waals surface area contributed by atoms with Crippen molar-refractivity contribution >= 4 is 5.97 Å². The number of carbonyl (C=O) groups excluding carboxylic acids is 1. The number of hydrogen-bond acceptors (Lipinski definition) is 4. The number of unbranched alkanes of at least 4 members (excludes halogenated alkanes) is 1. The number of hydrogen-bond donors (Lipinski definition) is 0. The molecule has 0 N–H and O–H groups in total. The SMILES string of the molecule is CCCCOC(=O)c1cnn(-c2ccc(C#N)cc2F)c1C. The number of rotatable bonds is 5. The van der Waals surface area contributed by atoms with Gasteiger partial charge in [-0.05, 0) is 31.5 Å². The van der Waals surface area contributed by atoms with Gasteiger partial charge >= 0.3 is 5.97 Å². The van der Waals surface area contributed by atoms with Crippen LogP contribution in [-0.4, -0.2) is 22.4 Å². The summed E-state index contributed by atoms with van der Waals surface area (Å²) in [4.78, 5) is 12.0. The zero-order valence-electron chi connectivity index (χ0n) is 12.5. The number of ether oxygens (including phenoxy) is 1. The largest absolute Gasteiger partial charge is 0.462 e. The minimum atomic E-state index is -0.573. The van der Waals surface area contributed by atoms with Gasteiger partial charge in [-0.15, -0.1) is 0 Å². The number of aromatic nitrogens is 2. The van der Waals surface area contributed by atoms with Crippen LogP contribution in [0.4, 0.5) is 4.39 Å². The summed E-state index contributed by atoms with van der Waals surface area (Å²) in [6, 6.07) is 5.96. The van der Waals surface area contributed by atoms with Crippen LogP contribution < -0.4 is 0 Å². The average Bonchev–Trinajstić information content (AvgIpc) is 2.89. The third kappa shape index (κ3) is 3.14. The van der Waals surface area contributed by atoms with Crippen LogP contribution in [0.5, 0.6) is 0 Å². The molecule has 6 heteroatoms. The van der Waals surface area contributed by atoms with Gasteiger partial charge in [0.15, 0.2) is 0 Å². The Morgan fingerprint density at radius 2 is 2.27 bits per heavy atom. The van der Waals surface area contributed by atoms with E-state index in [9.17, 15) is 9.18 Å². The van der Waals surface area contributed by atoms with Crippen molar-refractivity contribution in [2.45, 2.75) is 26.7 Å². The van der Waals surface area contributed by atoms with Gasteiger partial charge in [-0.1, -0.05) is 13.3 Å². The van der Waals surface area contributed by atoms with Crippen molar-refractivity contribution in [3.05, 3.63) is 47.0 Å². The van der Waals surface area contributed by atoms with Gasteiger partial charge in [0.05, 0.1) is 30.1 Å². The van der Waals surface area contributed by atoms with E-state index in [1.165, 1.54) is 23.0 Å². The zero-order valence-corrected chi connectivity index (χ0v) is 12.5. The Bertz CT molecular complexity index is 731. The molecular weight excluding hydrogens is 285 g/mol. The minimum Gasteiger partial charge on any atom is -0.462 e. The van der Waals surface area contributed by atoms with Crippen molar-refractivity contribution < 1.29 is 13.9 Å². The molecule has 0 aliphatic rings. The Hall–Kier alpha value is -2.68. The summed E-state index contributed by atoms with van der Waals surface area (Å²) in [6.07, 6.45) is 3.09. The second-order valence-electron chi connectivity index (χ2n) is 4.82. The number of nitriles is 1. The van der Waals surface area contributed by atoms with E-state index in [4.69, 9.17) is 10.00 Å². The smallest absolute Gasteiger partial charge is 0.341 e. The maximum absolute atomic E-state index is 14.0. The molecule has 1 heterocycles. The second kappa shape index (κ2) is 6.85. The highest BCUT2D eigenvalue weighted by Crippen LogP contribution is 2.19. The van der Waals surface area contributed by atoms with E-state index in [0.717, 1.165) is 18.9 Å². The first kappa shape index (κ1) is 15.7. The van der Waals surface area contributed by atoms with Gasteiger partial charge in [0.1, 0.15) is 17.1 Å². The topological polar surface area (TPSA) is 67.9 Å². The summed E-state index contributed by atoms with van der Waals surface area (Å²) in [7, 11) is 0. The lowest BCUT2D eigenvalue weighted by atomic mass is 10.2. The average molecular weight is 301 g/mol. The standard InChI is InChI=1S/C16H16FN3O2/c1-3-4-7-22-16(21)13-10-19-20(11(13)2)15-6-5-12(9-18)8-14(15)17/h5-6,8,10H,3-4,7H2,1-2H3. The molecule has 1 aromatic carbocycles. The lowest BCUT2D eigenvalue weighted by molar-refractivity contribution is 0.0499. The van der Waals surface area contributed by atoms with E-state index in [-0.39, 0.29) is 11.3 Å². The summed E-state index contributed by atoms with van der Waals surface area (Å²) < 4.78 is 20.5. The van der Waals surface area contributed by atoms with Crippen LogP contribution in [0, 0.1) is 24.1 Å². The van der Waals surface area contributed by atoms with E-state index in [0.29, 0.717) is 17.9 Å². The van der Waals surface area contributed by atoms with Crippen molar-refractivity contribution in [2.75, 3.05) is 6.61 Å². The lowest BCUT2D eigenvalue weighted by Crippen LogP contribution is -2.08. The Balaban J connectivity index is 2.28. The molecule has 0 fully saturated rings. The quantitative estimate of drug-likeness (QED) is 0.628. The third-order valence-electron chi connectivity index (χ3n) is 3.27. The van der Waals surface area contributed by atoms with Crippen LogP contribution in [0.2, 0.25) is 0 Å². The van der Waals surface area contributed by atoms with Gasteiger partial charge in [-0.2, -0.15) is 10.4 Å². The van der Waals surface area contributed by atoms with Gasteiger partial charge in [-0.25, -0.2) is 13.9 Å². The molecule has 22 heavy (non-hydrogen) atoms. The summed E-state index contributed by atoms with van der Waals surface area (Å²) in [6.45, 7) is 4.02. The van der Waals surface area contributed by atoms with Crippen molar-refractivity contribution in [3.63, 3.8) is 0 Å². The highest BCUT2D eigenvalue weighted by molar-refractivity contribution is 5.90. The van der Waals surface area contributed by atoms with Gasteiger partial charge in [0, 0.05) is 0 Å². The molecule has 0 bridgehead atoms. The number of esters is 1. The second-order valence-corrected chi connectivity index (χ2v) is 4.82. The van der Waals surface area contributed by atoms with Crippen LogP contribution in [0.3, 0.4) is 0 Å². The fraction of sp³-hybridized carbons (Fsp3) is 0.312. The molecule has 0 unspecified atom stereocenters. The molecular formula is C16H16FN3O2. The Kier molecular flexibility index (Phi) is 4.89. The number of benzene rings is 1. The van der Waals surface area contributed by atoms with E-state index in [2.05, 4.69) is 5.10 Å². The predicted molar refractivity (Wildman–Crippen MR) is 78.2 cm³/mol. The number of halogens is 1. The van der Waals surface area contributed by atoms with E-state index >= 15 is 0 Å². The van der Waals surface area contributed by atoms with Crippen LogP contribution >= 0.6 is 0 Å². The Morgan fingerprint density at radius 1 is 1.50 bits per heavy atom. The highest BCUT2D eigenvalue weighted by Gasteiger charge is 2.18. The summed E-state index contributed by atoms with van der Waals surface area (Å²) in [5.74, 6) is -1.04. The summed E-state index contributed by atoms with van der Waals surface area (Å²) in [5, 5.41) is 12.8. The zero-order chi connectivity index (χ0) is 16.1. The summed E-state index contributed by atoms with van der Waals surface area (Å²) >= 11 is 0. The van der Waals surface area contributed by atoms with E-state index in [1.54, 1.807) is 6.92 Å². The fourth-order valence-electron chi connectivity index (χ4n) is 1.99. The molecule has 0 saturated carbocycles. The molecule has 5 nitrogen and oxygen atoms in total. The van der Waals surface area contributed by atoms with Crippen molar-refractivity contribution in [1.82, 2.24) is 9.78 Å². The number of nitrogens with zero attached hydrogens (tertiary/aromatic N) is 3. The molecule has 0 amide bonds. The van der Waals surface area contributed by atoms with Gasteiger partial charge in [-0.3, -0.25) is 0 Å². The third-order valence-corrected chi connectivity index (χ3v) is 3.27. The molecule has 2 rings (SSSR count). The summed E-state index contributed by atoms with van der Waals surface area (Å²) in [5.41, 5.74) is 1.21. The van der Waals surface area contributed by atoms with Crippen molar-refractivity contribution in [3.8, 4) is 11.8 Å². The molecule has 114 valence electrons. The Morgan fingerprint density at radius 3 is 2.91 bits per heavy atom. The monoisotopic (exact) mass is 301 g/mol. The molecule has 0 saturated heterocycles. The van der Waals surface area contributed by atoms with Crippen LogP contribution in [0.1, 0.15) is 41.4 Å². The van der Waals surface area contributed by atoms with E-state index < -0.39 is 11.8 Å². The fourth-order valence-corrected chi connectivity index (χ4v) is 1.99. The minimum absolute atomic E-state index is 0.184. The molecule has 0 aliphatic heterocycles. The lowest BCUT2D eigenvalue weighted by Gasteiger charge is -2.07. The van der Waals surface area contributed by atoms with Gasteiger partial charge in [0.25, 0.3) is 0 Å². The normalized spacial score (nSPS) is 10.3.